The lowest BCUT2D eigenvalue weighted by atomic mass is 9.93. The van der Waals surface area contributed by atoms with Gasteiger partial charge < -0.3 is 5.11 Å². The van der Waals surface area contributed by atoms with E-state index in [1.807, 2.05) is 0 Å². The van der Waals surface area contributed by atoms with E-state index in [1.54, 1.807) is 6.08 Å². The number of ketones is 1. The molecule has 1 saturated carbocycles. The van der Waals surface area contributed by atoms with Crippen molar-refractivity contribution in [2.24, 2.45) is 0 Å². The molecule has 0 atom stereocenters. The lowest BCUT2D eigenvalue weighted by Gasteiger charge is -2.11. The Morgan fingerprint density at radius 2 is 1.92 bits per heavy atom. The van der Waals surface area contributed by atoms with Crippen molar-refractivity contribution in [2.75, 3.05) is 0 Å². The third-order valence-electron chi connectivity index (χ3n) is 2.02. The fourth-order valence-corrected chi connectivity index (χ4v) is 1.29. The van der Waals surface area contributed by atoms with E-state index in [0.29, 0.717) is 18.6 Å². The molecule has 1 rings (SSSR count). The summed E-state index contributed by atoms with van der Waals surface area (Å²) in [4.78, 5) is 21.0. The molecule has 3 nitrogen and oxygen atoms in total. The molecule has 0 aromatic heterocycles. The van der Waals surface area contributed by atoms with E-state index in [9.17, 15) is 9.59 Å². The van der Waals surface area contributed by atoms with Gasteiger partial charge in [-0.1, -0.05) is 11.6 Å². The molecule has 1 aliphatic carbocycles. The summed E-state index contributed by atoms with van der Waals surface area (Å²) in [5.74, 6) is -0.512. The number of carboxylic acids is 1. The number of hydrogen-bond donors (Lipinski definition) is 1. The van der Waals surface area contributed by atoms with Gasteiger partial charge in [-0.05, 0) is 12.8 Å². The molecule has 1 N–H and O–H groups in total. The highest BCUT2D eigenvalue weighted by atomic mass is 16.4. The first-order valence-corrected chi connectivity index (χ1v) is 4.10. The Kier molecular flexibility index (Phi) is 3.02. The highest BCUT2D eigenvalue weighted by Gasteiger charge is 2.12. The highest BCUT2D eigenvalue weighted by Crippen LogP contribution is 2.20. The van der Waals surface area contributed by atoms with Gasteiger partial charge in [0, 0.05) is 12.8 Å². The summed E-state index contributed by atoms with van der Waals surface area (Å²) in [6.45, 7) is 0. The minimum atomic E-state index is -0.806. The lowest BCUT2D eigenvalue weighted by molar-refractivity contribution is -0.136. The third kappa shape index (κ3) is 2.86. The average Bonchev–Trinajstić information content (AvgIpc) is 2.03. The molecule has 0 aromatic carbocycles. The zero-order valence-electron chi connectivity index (χ0n) is 6.88. The molecular weight excluding hydrogens is 156 g/mol. The second-order valence-corrected chi connectivity index (χ2v) is 3.00. The minimum Gasteiger partial charge on any atom is -0.481 e. The Labute approximate surface area is 71.1 Å². The van der Waals surface area contributed by atoms with Crippen LogP contribution in [0.25, 0.3) is 0 Å². The van der Waals surface area contributed by atoms with Crippen LogP contribution in [0.2, 0.25) is 0 Å². The number of carbonyl (C=O) groups excluding carboxylic acids is 1. The van der Waals surface area contributed by atoms with E-state index in [2.05, 4.69) is 0 Å². The fourth-order valence-electron chi connectivity index (χ4n) is 1.29. The lowest BCUT2D eigenvalue weighted by Crippen LogP contribution is -2.06. The van der Waals surface area contributed by atoms with Crippen molar-refractivity contribution in [3.05, 3.63) is 11.6 Å². The first kappa shape index (κ1) is 8.97. The predicted octanol–water partition coefficient (Wildman–Crippen LogP) is 1.53. The molecule has 0 unspecified atom stereocenters. The van der Waals surface area contributed by atoms with Gasteiger partial charge in [-0.25, -0.2) is 0 Å². The zero-order chi connectivity index (χ0) is 8.97. The number of carbonyl (C=O) groups is 2. The molecule has 66 valence electrons. The van der Waals surface area contributed by atoms with Crippen LogP contribution in [0.3, 0.4) is 0 Å². The van der Waals surface area contributed by atoms with Crippen LogP contribution >= 0.6 is 0 Å². The number of aliphatic carboxylic acids is 1. The molecule has 0 amide bonds. The van der Waals surface area contributed by atoms with Gasteiger partial charge in [0.2, 0.25) is 0 Å². The Morgan fingerprint density at radius 1 is 1.33 bits per heavy atom. The molecule has 0 saturated heterocycles. The molecule has 0 aliphatic heterocycles. The van der Waals surface area contributed by atoms with Gasteiger partial charge in [-0.15, -0.1) is 0 Å². The van der Waals surface area contributed by atoms with Gasteiger partial charge in [0.15, 0.2) is 0 Å². The molecule has 0 aromatic rings. The largest absolute Gasteiger partial charge is 0.481 e. The average molecular weight is 168 g/mol. The number of hydrogen-bond acceptors (Lipinski definition) is 2. The van der Waals surface area contributed by atoms with E-state index >= 15 is 0 Å². The maximum Gasteiger partial charge on any atom is 0.307 e. The number of allylic oxidation sites excluding steroid dienone is 1. The molecule has 0 radical (unpaired) electrons. The van der Waals surface area contributed by atoms with E-state index in [0.717, 1.165) is 18.4 Å². The fraction of sp³-hybridized carbons (Fsp3) is 0.556. The predicted molar refractivity (Wildman–Crippen MR) is 43.8 cm³/mol. The quantitative estimate of drug-likeness (QED) is 0.636. The van der Waals surface area contributed by atoms with Crippen molar-refractivity contribution >= 4 is 11.8 Å². The summed E-state index contributed by atoms with van der Waals surface area (Å²) >= 11 is 0. The topological polar surface area (TPSA) is 54.4 Å². The Bertz CT molecular complexity index is 216. The summed E-state index contributed by atoms with van der Waals surface area (Å²) in [6, 6.07) is 0. The smallest absolute Gasteiger partial charge is 0.307 e. The SMILES string of the molecule is O=C(O)CC=C1CCC(=O)CC1. The summed E-state index contributed by atoms with van der Waals surface area (Å²) in [6.07, 6.45) is 4.51. The highest BCUT2D eigenvalue weighted by molar-refractivity contribution is 5.80. The van der Waals surface area contributed by atoms with E-state index in [1.165, 1.54) is 0 Å². The molecule has 0 spiro atoms. The molecule has 12 heavy (non-hydrogen) atoms. The number of rotatable bonds is 2. The molecule has 1 fully saturated rings. The standard InChI is InChI=1S/C9H12O3/c10-8-4-1-7(2-5-8)3-6-9(11)12/h3H,1-2,4-6H2,(H,11,12). The van der Waals surface area contributed by atoms with Gasteiger partial charge >= 0.3 is 5.97 Å². The van der Waals surface area contributed by atoms with Crippen LogP contribution in [0.4, 0.5) is 0 Å². The van der Waals surface area contributed by atoms with Crippen molar-refractivity contribution < 1.29 is 14.7 Å². The Hall–Kier alpha value is -1.12. The van der Waals surface area contributed by atoms with Crippen molar-refractivity contribution in [3.63, 3.8) is 0 Å². The van der Waals surface area contributed by atoms with Gasteiger partial charge in [-0.2, -0.15) is 0 Å². The van der Waals surface area contributed by atoms with Gasteiger partial charge in [0.25, 0.3) is 0 Å². The van der Waals surface area contributed by atoms with E-state index in [4.69, 9.17) is 5.11 Å². The van der Waals surface area contributed by atoms with Crippen molar-refractivity contribution in [1.29, 1.82) is 0 Å². The maximum atomic E-state index is 10.8. The maximum absolute atomic E-state index is 10.8. The molecule has 0 heterocycles. The first-order chi connectivity index (χ1) is 5.68. The number of Topliss-reactive ketones (excluding diaryl/α,β-unsaturated/α-hetero) is 1. The van der Waals surface area contributed by atoms with E-state index < -0.39 is 5.97 Å². The summed E-state index contributed by atoms with van der Waals surface area (Å²) in [7, 11) is 0. The second-order valence-electron chi connectivity index (χ2n) is 3.00. The van der Waals surface area contributed by atoms with Gasteiger partial charge in [0.05, 0.1) is 6.42 Å². The van der Waals surface area contributed by atoms with Crippen LogP contribution in [0.5, 0.6) is 0 Å². The van der Waals surface area contributed by atoms with Gasteiger partial charge in [0.1, 0.15) is 5.78 Å². The summed E-state index contributed by atoms with van der Waals surface area (Å²) in [5, 5.41) is 8.38. The minimum absolute atomic E-state index is 0.0868. The summed E-state index contributed by atoms with van der Waals surface area (Å²) in [5.41, 5.74) is 1.12. The van der Waals surface area contributed by atoms with Gasteiger partial charge in [-0.3, -0.25) is 9.59 Å². The van der Waals surface area contributed by atoms with E-state index in [-0.39, 0.29) is 6.42 Å². The summed E-state index contributed by atoms with van der Waals surface area (Å²) < 4.78 is 0. The molecule has 0 bridgehead atoms. The van der Waals surface area contributed by atoms with Crippen LogP contribution in [-0.4, -0.2) is 16.9 Å². The normalized spacial score (nSPS) is 17.7. The second kappa shape index (κ2) is 4.04. The molecule has 1 aliphatic rings. The third-order valence-corrected chi connectivity index (χ3v) is 2.02. The Balaban J connectivity index is 2.38. The zero-order valence-corrected chi connectivity index (χ0v) is 6.88. The first-order valence-electron chi connectivity index (χ1n) is 4.10. The van der Waals surface area contributed by atoms with Crippen LogP contribution in [-0.2, 0) is 9.59 Å². The monoisotopic (exact) mass is 168 g/mol. The van der Waals surface area contributed by atoms with Crippen LogP contribution in [0.15, 0.2) is 11.6 Å². The van der Waals surface area contributed by atoms with Crippen LogP contribution < -0.4 is 0 Å². The molecule has 3 heteroatoms. The number of carboxylic acid groups (broad SMARTS) is 1. The van der Waals surface area contributed by atoms with Crippen LogP contribution in [0, 0.1) is 0 Å². The van der Waals surface area contributed by atoms with Crippen molar-refractivity contribution in [1.82, 2.24) is 0 Å². The van der Waals surface area contributed by atoms with Crippen LogP contribution in [0.1, 0.15) is 32.1 Å². The van der Waals surface area contributed by atoms with Crippen molar-refractivity contribution in [2.45, 2.75) is 32.1 Å². The Morgan fingerprint density at radius 3 is 2.42 bits per heavy atom. The van der Waals surface area contributed by atoms with Crippen molar-refractivity contribution in [3.8, 4) is 0 Å². The molecular formula is C9H12O3.